The molecular formula is C20H22FNO2. The van der Waals surface area contributed by atoms with Crippen LogP contribution in [0, 0.1) is 5.82 Å². The lowest BCUT2D eigenvalue weighted by Crippen LogP contribution is -2.32. The first-order chi connectivity index (χ1) is 11.7. The number of fused-ring (bicyclic) bond motifs is 1. The van der Waals surface area contributed by atoms with Crippen LogP contribution in [0.25, 0.3) is 0 Å². The Kier molecular flexibility index (Phi) is 5.14. The molecule has 1 aliphatic carbocycles. The molecule has 0 aromatic heterocycles. The van der Waals surface area contributed by atoms with Crippen molar-refractivity contribution in [2.75, 3.05) is 5.32 Å². The molecule has 1 aliphatic rings. The van der Waals surface area contributed by atoms with Gasteiger partial charge in [0.05, 0.1) is 0 Å². The number of halogens is 1. The molecule has 0 heterocycles. The Morgan fingerprint density at radius 3 is 2.71 bits per heavy atom. The van der Waals surface area contributed by atoms with Crippen LogP contribution in [0.4, 0.5) is 10.1 Å². The van der Waals surface area contributed by atoms with E-state index in [0.717, 1.165) is 18.6 Å². The van der Waals surface area contributed by atoms with Crippen molar-refractivity contribution in [1.29, 1.82) is 0 Å². The van der Waals surface area contributed by atoms with Gasteiger partial charge in [-0.2, -0.15) is 0 Å². The highest BCUT2D eigenvalue weighted by atomic mass is 19.1. The molecule has 0 fully saturated rings. The molecule has 0 bridgehead atoms. The summed E-state index contributed by atoms with van der Waals surface area (Å²) in [5.74, 6) is 0.0779. The molecule has 2 aromatic rings. The fourth-order valence-electron chi connectivity index (χ4n) is 3.06. The standard InChI is InChI=1S/C20H22FNO2/c1-2-19(20(23)22-17-9-5-8-16(21)13-17)24-18-11-10-14-6-3-4-7-15(14)12-18/h5,8-13,19H,2-4,6-7H2,1H3,(H,22,23). The number of anilines is 1. The number of aryl methyl sites for hydroxylation is 2. The number of ether oxygens (including phenoxy) is 1. The van der Waals surface area contributed by atoms with Crippen LogP contribution in [0.15, 0.2) is 42.5 Å². The number of rotatable bonds is 5. The fraction of sp³-hybridized carbons (Fsp3) is 0.350. The number of carbonyl (C=O) groups excluding carboxylic acids is 1. The third kappa shape index (κ3) is 3.94. The zero-order valence-corrected chi connectivity index (χ0v) is 13.8. The summed E-state index contributed by atoms with van der Waals surface area (Å²) in [4.78, 5) is 12.4. The normalized spacial score (nSPS) is 14.6. The van der Waals surface area contributed by atoms with E-state index < -0.39 is 6.10 Å². The first-order valence-electron chi connectivity index (χ1n) is 8.50. The van der Waals surface area contributed by atoms with Gasteiger partial charge in [-0.05, 0) is 73.6 Å². The molecule has 0 radical (unpaired) electrons. The van der Waals surface area contributed by atoms with Crippen LogP contribution in [-0.4, -0.2) is 12.0 Å². The molecule has 1 unspecified atom stereocenters. The molecule has 0 spiro atoms. The number of carbonyl (C=O) groups is 1. The van der Waals surface area contributed by atoms with E-state index >= 15 is 0 Å². The van der Waals surface area contributed by atoms with Crippen LogP contribution < -0.4 is 10.1 Å². The van der Waals surface area contributed by atoms with Crippen molar-refractivity contribution in [2.45, 2.75) is 45.1 Å². The number of nitrogens with one attached hydrogen (secondary N) is 1. The van der Waals surface area contributed by atoms with E-state index in [-0.39, 0.29) is 11.7 Å². The van der Waals surface area contributed by atoms with E-state index in [1.165, 1.54) is 36.1 Å². The molecule has 3 nitrogen and oxygen atoms in total. The maximum absolute atomic E-state index is 13.2. The largest absolute Gasteiger partial charge is 0.481 e. The van der Waals surface area contributed by atoms with Gasteiger partial charge in [-0.25, -0.2) is 4.39 Å². The minimum atomic E-state index is -0.602. The summed E-state index contributed by atoms with van der Waals surface area (Å²) in [7, 11) is 0. The Morgan fingerprint density at radius 2 is 1.96 bits per heavy atom. The van der Waals surface area contributed by atoms with Gasteiger partial charge in [0.2, 0.25) is 0 Å². The van der Waals surface area contributed by atoms with Gasteiger partial charge in [0.15, 0.2) is 6.10 Å². The second kappa shape index (κ2) is 7.47. The first-order valence-corrected chi connectivity index (χ1v) is 8.50. The van der Waals surface area contributed by atoms with Crippen molar-refractivity contribution in [3.63, 3.8) is 0 Å². The summed E-state index contributed by atoms with van der Waals surface area (Å²) in [6, 6.07) is 11.9. The average molecular weight is 327 g/mol. The summed E-state index contributed by atoms with van der Waals surface area (Å²) < 4.78 is 19.1. The van der Waals surface area contributed by atoms with Crippen molar-refractivity contribution >= 4 is 11.6 Å². The predicted octanol–water partition coefficient (Wildman–Crippen LogP) is 4.50. The quantitative estimate of drug-likeness (QED) is 0.878. The molecule has 4 heteroatoms. The van der Waals surface area contributed by atoms with Crippen LogP contribution in [0.3, 0.4) is 0 Å². The Morgan fingerprint density at radius 1 is 1.17 bits per heavy atom. The highest BCUT2D eigenvalue weighted by Crippen LogP contribution is 2.26. The Bertz CT molecular complexity index is 729. The Hall–Kier alpha value is -2.36. The number of amides is 1. The van der Waals surface area contributed by atoms with Gasteiger partial charge in [-0.3, -0.25) is 4.79 Å². The molecule has 24 heavy (non-hydrogen) atoms. The fourth-order valence-corrected chi connectivity index (χ4v) is 3.06. The minimum Gasteiger partial charge on any atom is -0.481 e. The van der Waals surface area contributed by atoms with Gasteiger partial charge in [0.25, 0.3) is 5.91 Å². The summed E-state index contributed by atoms with van der Waals surface area (Å²) in [6.45, 7) is 1.90. The smallest absolute Gasteiger partial charge is 0.265 e. The van der Waals surface area contributed by atoms with E-state index in [4.69, 9.17) is 4.74 Å². The van der Waals surface area contributed by atoms with E-state index in [2.05, 4.69) is 11.4 Å². The van der Waals surface area contributed by atoms with Crippen molar-refractivity contribution in [2.24, 2.45) is 0 Å². The monoisotopic (exact) mass is 327 g/mol. The van der Waals surface area contributed by atoms with Crippen LogP contribution in [-0.2, 0) is 17.6 Å². The van der Waals surface area contributed by atoms with Gasteiger partial charge >= 0.3 is 0 Å². The Labute approximate surface area is 141 Å². The van der Waals surface area contributed by atoms with Gasteiger partial charge < -0.3 is 10.1 Å². The second-order valence-corrected chi connectivity index (χ2v) is 6.15. The van der Waals surface area contributed by atoms with Crippen molar-refractivity contribution in [3.05, 3.63) is 59.4 Å². The summed E-state index contributed by atoms with van der Waals surface area (Å²) in [5.41, 5.74) is 3.14. The molecule has 0 saturated carbocycles. The van der Waals surface area contributed by atoms with Gasteiger partial charge in [0.1, 0.15) is 11.6 Å². The first kappa shape index (κ1) is 16.5. The van der Waals surface area contributed by atoms with Crippen molar-refractivity contribution in [3.8, 4) is 5.75 Å². The molecule has 3 rings (SSSR count). The molecule has 0 saturated heterocycles. The third-order valence-electron chi connectivity index (χ3n) is 4.35. The summed E-state index contributed by atoms with van der Waals surface area (Å²) >= 11 is 0. The number of hydrogen-bond acceptors (Lipinski definition) is 2. The molecular weight excluding hydrogens is 305 g/mol. The van der Waals surface area contributed by atoms with Gasteiger partial charge in [-0.1, -0.05) is 19.1 Å². The minimum absolute atomic E-state index is 0.263. The topological polar surface area (TPSA) is 38.3 Å². The molecule has 1 N–H and O–H groups in total. The summed E-state index contributed by atoms with van der Waals surface area (Å²) in [6.07, 6.45) is 4.56. The van der Waals surface area contributed by atoms with Gasteiger partial charge in [-0.15, -0.1) is 0 Å². The van der Waals surface area contributed by atoms with Crippen LogP contribution in [0.2, 0.25) is 0 Å². The maximum Gasteiger partial charge on any atom is 0.265 e. The van der Waals surface area contributed by atoms with E-state index in [1.807, 2.05) is 19.1 Å². The lowest BCUT2D eigenvalue weighted by molar-refractivity contribution is -0.122. The van der Waals surface area contributed by atoms with Crippen molar-refractivity contribution < 1.29 is 13.9 Å². The van der Waals surface area contributed by atoms with E-state index in [0.29, 0.717) is 12.1 Å². The van der Waals surface area contributed by atoms with Crippen molar-refractivity contribution in [1.82, 2.24) is 0 Å². The lowest BCUT2D eigenvalue weighted by Gasteiger charge is -2.20. The number of benzene rings is 2. The molecule has 0 aliphatic heterocycles. The molecule has 126 valence electrons. The zero-order chi connectivity index (χ0) is 16.9. The van der Waals surface area contributed by atoms with Gasteiger partial charge in [0, 0.05) is 5.69 Å². The second-order valence-electron chi connectivity index (χ2n) is 6.15. The predicted molar refractivity (Wildman–Crippen MR) is 92.8 cm³/mol. The highest BCUT2D eigenvalue weighted by Gasteiger charge is 2.19. The zero-order valence-electron chi connectivity index (χ0n) is 13.8. The van der Waals surface area contributed by atoms with E-state index in [9.17, 15) is 9.18 Å². The molecule has 2 aromatic carbocycles. The molecule has 1 amide bonds. The van der Waals surface area contributed by atoms with Crippen LogP contribution in [0.5, 0.6) is 5.75 Å². The Balaban J connectivity index is 1.68. The van der Waals surface area contributed by atoms with E-state index in [1.54, 1.807) is 12.1 Å². The summed E-state index contributed by atoms with van der Waals surface area (Å²) in [5, 5.41) is 2.71. The number of hydrogen-bond donors (Lipinski definition) is 1. The lowest BCUT2D eigenvalue weighted by atomic mass is 9.92. The SMILES string of the molecule is CCC(Oc1ccc2c(c1)CCCC2)C(=O)Nc1cccc(F)c1. The van der Waals surface area contributed by atoms with Crippen LogP contribution in [0.1, 0.15) is 37.3 Å². The molecule has 1 atom stereocenters. The third-order valence-corrected chi connectivity index (χ3v) is 4.35. The van der Waals surface area contributed by atoms with Crippen LogP contribution >= 0.6 is 0 Å². The maximum atomic E-state index is 13.2. The average Bonchev–Trinajstić information content (AvgIpc) is 2.59. The highest BCUT2D eigenvalue weighted by molar-refractivity contribution is 5.94.